The van der Waals surface area contributed by atoms with Gasteiger partial charge in [-0.15, -0.1) is 11.3 Å². The van der Waals surface area contributed by atoms with Crippen LogP contribution in [-0.4, -0.2) is 20.1 Å². The van der Waals surface area contributed by atoms with Gasteiger partial charge in [0.1, 0.15) is 16.3 Å². The predicted octanol–water partition coefficient (Wildman–Crippen LogP) is 6.46. The quantitative estimate of drug-likeness (QED) is 0.455. The maximum Gasteiger partial charge on any atom is 0.433 e. The predicted molar refractivity (Wildman–Crippen MR) is 119 cm³/mol. The van der Waals surface area contributed by atoms with Gasteiger partial charge in [-0.2, -0.15) is 13.2 Å². The molecule has 1 aliphatic rings. The third-order valence-corrected chi connectivity index (χ3v) is 7.18. The Bertz CT molecular complexity index is 1090. The molecule has 32 heavy (non-hydrogen) atoms. The molecule has 0 radical (unpaired) electrons. The Hall–Kier alpha value is -2.52. The molecule has 1 aromatic carbocycles. The fourth-order valence-corrected chi connectivity index (χ4v) is 5.21. The molecule has 0 unspecified atom stereocenters. The SMILES string of the molecule is Cc1cc(Nc2nccc(C(F)(F)F)n2)cc(-c2cnc([C@](C)(O)C3CCCCC3)s2)c1. The molecule has 0 saturated heterocycles. The lowest BCUT2D eigenvalue weighted by Gasteiger charge is -2.33. The molecule has 1 saturated carbocycles. The monoisotopic (exact) mass is 462 g/mol. The van der Waals surface area contributed by atoms with Gasteiger partial charge in [0.25, 0.3) is 0 Å². The molecule has 5 nitrogen and oxygen atoms in total. The summed E-state index contributed by atoms with van der Waals surface area (Å²) in [6, 6.07) is 6.45. The lowest BCUT2D eigenvalue weighted by molar-refractivity contribution is -0.141. The summed E-state index contributed by atoms with van der Waals surface area (Å²) in [7, 11) is 0. The van der Waals surface area contributed by atoms with Crippen LogP contribution < -0.4 is 5.32 Å². The second kappa shape index (κ2) is 8.78. The van der Waals surface area contributed by atoms with E-state index in [1.165, 1.54) is 17.8 Å². The number of hydrogen-bond donors (Lipinski definition) is 2. The summed E-state index contributed by atoms with van der Waals surface area (Å²) in [5.41, 5.74) is 0.391. The van der Waals surface area contributed by atoms with Crippen molar-refractivity contribution in [2.75, 3.05) is 5.32 Å². The van der Waals surface area contributed by atoms with Crippen LogP contribution in [0.2, 0.25) is 0 Å². The standard InChI is InChI=1S/C23H25F3N4OS/c1-14-10-15(12-17(11-14)29-21-27-9-8-19(30-21)23(24,25)26)18-13-28-20(32-18)22(2,31)16-6-4-3-5-7-16/h8-13,16,31H,3-7H2,1-2H3,(H,27,29,30)/t22-/m1/s1. The fourth-order valence-electron chi connectivity index (χ4n) is 4.18. The zero-order valence-corrected chi connectivity index (χ0v) is 18.7. The first-order valence-corrected chi connectivity index (χ1v) is 11.4. The van der Waals surface area contributed by atoms with Gasteiger partial charge in [0.15, 0.2) is 0 Å². The highest BCUT2D eigenvalue weighted by molar-refractivity contribution is 7.15. The second-order valence-electron chi connectivity index (χ2n) is 8.49. The lowest BCUT2D eigenvalue weighted by atomic mass is 9.78. The van der Waals surface area contributed by atoms with Crippen molar-refractivity contribution >= 4 is 23.0 Å². The zero-order valence-electron chi connectivity index (χ0n) is 17.9. The number of nitrogens with zero attached hydrogens (tertiary/aromatic N) is 3. The Labute approximate surface area is 188 Å². The number of aryl methyl sites for hydroxylation is 1. The summed E-state index contributed by atoms with van der Waals surface area (Å²) in [5, 5.41) is 14.8. The number of rotatable bonds is 5. The molecule has 3 aromatic rings. The van der Waals surface area contributed by atoms with Crippen LogP contribution >= 0.6 is 11.3 Å². The van der Waals surface area contributed by atoms with E-state index < -0.39 is 17.5 Å². The van der Waals surface area contributed by atoms with Gasteiger partial charge in [0.2, 0.25) is 5.95 Å². The van der Waals surface area contributed by atoms with Gasteiger partial charge in [-0.05, 0) is 61.9 Å². The molecule has 9 heteroatoms. The molecule has 1 fully saturated rings. The summed E-state index contributed by atoms with van der Waals surface area (Å²) in [6.07, 6.45) is 3.76. The van der Waals surface area contributed by atoms with E-state index in [1.54, 1.807) is 6.20 Å². The number of hydrogen-bond acceptors (Lipinski definition) is 6. The van der Waals surface area contributed by atoms with E-state index in [0.717, 1.165) is 54.0 Å². The van der Waals surface area contributed by atoms with Gasteiger partial charge in [0, 0.05) is 18.1 Å². The summed E-state index contributed by atoms with van der Waals surface area (Å²) in [6.45, 7) is 3.75. The number of thiazole rings is 1. The van der Waals surface area contributed by atoms with Gasteiger partial charge >= 0.3 is 6.18 Å². The minimum Gasteiger partial charge on any atom is -0.383 e. The largest absolute Gasteiger partial charge is 0.433 e. The van der Waals surface area contributed by atoms with Crippen LogP contribution in [0.5, 0.6) is 0 Å². The van der Waals surface area contributed by atoms with E-state index in [0.29, 0.717) is 10.7 Å². The van der Waals surface area contributed by atoms with Crippen LogP contribution in [-0.2, 0) is 11.8 Å². The van der Waals surface area contributed by atoms with Crippen LogP contribution in [0.15, 0.2) is 36.7 Å². The van der Waals surface area contributed by atoms with Crippen molar-refractivity contribution in [3.8, 4) is 10.4 Å². The van der Waals surface area contributed by atoms with E-state index >= 15 is 0 Å². The van der Waals surface area contributed by atoms with Gasteiger partial charge in [-0.1, -0.05) is 25.3 Å². The number of aromatic nitrogens is 3. The van der Waals surface area contributed by atoms with Crippen LogP contribution in [0.25, 0.3) is 10.4 Å². The van der Waals surface area contributed by atoms with E-state index in [1.807, 2.05) is 32.0 Å². The summed E-state index contributed by atoms with van der Waals surface area (Å²) in [4.78, 5) is 12.9. The number of nitrogens with one attached hydrogen (secondary N) is 1. The van der Waals surface area contributed by atoms with E-state index in [2.05, 4.69) is 20.3 Å². The molecule has 0 aliphatic heterocycles. The molecular formula is C23H25F3N4OS. The first-order valence-electron chi connectivity index (χ1n) is 10.6. The maximum absolute atomic E-state index is 12.9. The van der Waals surface area contributed by atoms with Crippen molar-refractivity contribution in [2.45, 2.75) is 57.7 Å². The number of benzene rings is 1. The third kappa shape index (κ3) is 4.94. The Morgan fingerprint density at radius 2 is 1.84 bits per heavy atom. The Balaban J connectivity index is 1.59. The normalized spacial score (nSPS) is 17.2. The van der Waals surface area contributed by atoms with Crippen molar-refractivity contribution < 1.29 is 18.3 Å². The highest BCUT2D eigenvalue weighted by Crippen LogP contribution is 2.42. The molecule has 2 heterocycles. The molecule has 170 valence electrons. The zero-order chi connectivity index (χ0) is 22.9. The number of aliphatic hydroxyl groups is 1. The Morgan fingerprint density at radius 1 is 1.09 bits per heavy atom. The molecule has 0 amide bonds. The van der Waals surface area contributed by atoms with Crippen molar-refractivity contribution in [3.63, 3.8) is 0 Å². The van der Waals surface area contributed by atoms with E-state index in [4.69, 9.17) is 0 Å². The van der Waals surface area contributed by atoms with Crippen LogP contribution in [0, 0.1) is 12.8 Å². The van der Waals surface area contributed by atoms with Crippen LogP contribution in [0.3, 0.4) is 0 Å². The Morgan fingerprint density at radius 3 is 2.56 bits per heavy atom. The molecule has 4 rings (SSSR count). The van der Waals surface area contributed by atoms with Gasteiger partial charge in [-0.3, -0.25) is 0 Å². The number of halogens is 3. The molecule has 0 spiro atoms. The third-order valence-electron chi connectivity index (χ3n) is 5.90. The van der Waals surface area contributed by atoms with Gasteiger partial charge in [0.05, 0.1) is 4.88 Å². The van der Waals surface area contributed by atoms with Crippen molar-refractivity contribution in [2.24, 2.45) is 5.92 Å². The molecule has 1 atom stereocenters. The van der Waals surface area contributed by atoms with Crippen LogP contribution in [0.1, 0.15) is 55.3 Å². The van der Waals surface area contributed by atoms with Crippen molar-refractivity contribution in [3.05, 3.63) is 52.9 Å². The average Bonchev–Trinajstić information content (AvgIpc) is 3.25. The smallest absolute Gasteiger partial charge is 0.383 e. The van der Waals surface area contributed by atoms with Crippen LogP contribution in [0.4, 0.5) is 24.8 Å². The van der Waals surface area contributed by atoms with Gasteiger partial charge in [-0.25, -0.2) is 15.0 Å². The minimum absolute atomic E-state index is 0.124. The molecule has 0 bridgehead atoms. The molecular weight excluding hydrogens is 437 g/mol. The molecule has 1 aliphatic carbocycles. The van der Waals surface area contributed by atoms with Crippen molar-refractivity contribution in [1.29, 1.82) is 0 Å². The van der Waals surface area contributed by atoms with E-state index in [-0.39, 0.29) is 11.9 Å². The number of anilines is 2. The van der Waals surface area contributed by atoms with Crippen molar-refractivity contribution in [1.82, 2.24) is 15.0 Å². The second-order valence-corrected chi connectivity index (χ2v) is 9.52. The Kier molecular flexibility index (Phi) is 6.22. The molecule has 2 N–H and O–H groups in total. The van der Waals surface area contributed by atoms with E-state index in [9.17, 15) is 18.3 Å². The average molecular weight is 463 g/mol. The first kappa shape index (κ1) is 22.7. The molecule has 2 aromatic heterocycles. The lowest BCUT2D eigenvalue weighted by Crippen LogP contribution is -2.33. The van der Waals surface area contributed by atoms with Gasteiger partial charge < -0.3 is 10.4 Å². The maximum atomic E-state index is 12.9. The summed E-state index contributed by atoms with van der Waals surface area (Å²) >= 11 is 1.45. The number of alkyl halides is 3. The highest BCUT2D eigenvalue weighted by Gasteiger charge is 2.37. The summed E-state index contributed by atoms with van der Waals surface area (Å²) in [5.74, 6) is 0.0737. The topological polar surface area (TPSA) is 70.9 Å². The fraction of sp³-hybridized carbons (Fsp3) is 0.435. The summed E-state index contributed by atoms with van der Waals surface area (Å²) < 4.78 is 38.8. The highest BCUT2D eigenvalue weighted by atomic mass is 32.1. The minimum atomic E-state index is -4.54. The first-order chi connectivity index (χ1) is 15.1.